The predicted molar refractivity (Wildman–Crippen MR) is 88.6 cm³/mol. The normalized spacial score (nSPS) is 12.7. The smallest absolute Gasteiger partial charge is 0.0847 e. The Hall–Kier alpha value is -0.400. The molecule has 1 heterocycles. The first-order valence-corrected chi connectivity index (χ1v) is 7.99. The minimum atomic E-state index is -0.0511. The van der Waals surface area contributed by atoms with E-state index in [4.69, 9.17) is 17.4 Å². The summed E-state index contributed by atoms with van der Waals surface area (Å²) in [6.07, 6.45) is 0.660. The average molecular weight is 423 g/mol. The van der Waals surface area contributed by atoms with E-state index in [1.54, 1.807) is 4.68 Å². The Bertz CT molecular complexity index is 627. The summed E-state index contributed by atoms with van der Waals surface area (Å²) in [5, 5.41) is 5.02. The van der Waals surface area contributed by atoms with Crippen molar-refractivity contribution in [2.75, 3.05) is 0 Å². The molecule has 0 saturated carbocycles. The molecular formula is C13H15Br2ClN4. The number of hydrogen-bond acceptors (Lipinski definition) is 3. The van der Waals surface area contributed by atoms with Crippen molar-refractivity contribution in [1.29, 1.82) is 0 Å². The van der Waals surface area contributed by atoms with Crippen LogP contribution in [0.5, 0.6) is 0 Å². The molecule has 1 atom stereocenters. The molecule has 3 N–H and O–H groups in total. The minimum Gasteiger partial charge on any atom is -0.271 e. The number of benzene rings is 1. The van der Waals surface area contributed by atoms with Gasteiger partial charge >= 0.3 is 0 Å². The first-order valence-electron chi connectivity index (χ1n) is 6.03. The lowest BCUT2D eigenvalue weighted by Crippen LogP contribution is -2.30. The van der Waals surface area contributed by atoms with Crippen LogP contribution in [0.15, 0.2) is 27.1 Å². The third-order valence-electron chi connectivity index (χ3n) is 3.20. The zero-order chi connectivity index (χ0) is 14.9. The lowest BCUT2D eigenvalue weighted by atomic mass is 10.0. The number of hydrogen-bond donors (Lipinski definition) is 2. The second kappa shape index (κ2) is 6.58. The van der Waals surface area contributed by atoms with Crippen LogP contribution in [0.2, 0.25) is 5.02 Å². The van der Waals surface area contributed by atoms with Gasteiger partial charge < -0.3 is 0 Å². The van der Waals surface area contributed by atoms with Crippen molar-refractivity contribution >= 4 is 43.5 Å². The number of rotatable bonds is 4. The lowest BCUT2D eigenvalue weighted by Gasteiger charge is -2.18. The Morgan fingerprint density at radius 3 is 2.65 bits per heavy atom. The van der Waals surface area contributed by atoms with E-state index < -0.39 is 0 Å². The maximum absolute atomic E-state index is 6.30. The molecule has 0 bridgehead atoms. The largest absolute Gasteiger partial charge is 0.271 e. The van der Waals surface area contributed by atoms with Crippen LogP contribution in [-0.4, -0.2) is 9.78 Å². The van der Waals surface area contributed by atoms with Gasteiger partial charge in [0.1, 0.15) is 0 Å². The van der Waals surface area contributed by atoms with Crippen molar-refractivity contribution in [1.82, 2.24) is 15.2 Å². The van der Waals surface area contributed by atoms with Gasteiger partial charge in [-0.3, -0.25) is 16.0 Å². The third kappa shape index (κ3) is 3.26. The van der Waals surface area contributed by atoms with Crippen LogP contribution in [-0.2, 0) is 13.5 Å². The van der Waals surface area contributed by atoms with Crippen LogP contribution in [0.4, 0.5) is 0 Å². The summed E-state index contributed by atoms with van der Waals surface area (Å²) in [5.41, 5.74) is 5.71. The van der Waals surface area contributed by atoms with Gasteiger partial charge in [-0.2, -0.15) is 5.10 Å². The van der Waals surface area contributed by atoms with E-state index in [0.29, 0.717) is 11.4 Å². The monoisotopic (exact) mass is 420 g/mol. The number of hydrazine groups is 1. The van der Waals surface area contributed by atoms with E-state index in [2.05, 4.69) is 42.4 Å². The van der Waals surface area contributed by atoms with Crippen LogP contribution < -0.4 is 11.3 Å². The molecule has 2 rings (SSSR count). The Kier molecular flexibility index (Phi) is 5.25. The van der Waals surface area contributed by atoms with Crippen LogP contribution in [0.1, 0.15) is 23.0 Å². The van der Waals surface area contributed by atoms with E-state index in [1.165, 1.54) is 0 Å². The molecule has 4 nitrogen and oxygen atoms in total. The molecule has 1 unspecified atom stereocenters. The lowest BCUT2D eigenvalue weighted by molar-refractivity contribution is 0.528. The maximum atomic E-state index is 6.30. The van der Waals surface area contributed by atoms with Crippen LogP contribution in [0.25, 0.3) is 0 Å². The molecule has 0 amide bonds. The summed E-state index contributed by atoms with van der Waals surface area (Å²) in [4.78, 5) is 0. The van der Waals surface area contributed by atoms with Crippen LogP contribution >= 0.6 is 43.5 Å². The minimum absolute atomic E-state index is 0.0511. The Balaban J connectivity index is 2.33. The SMILES string of the molecule is Cc1nn(C)c(CC(NN)c2ccc(Br)cc2Br)c1Cl. The fourth-order valence-electron chi connectivity index (χ4n) is 2.14. The molecule has 7 heteroatoms. The highest BCUT2D eigenvalue weighted by Gasteiger charge is 2.19. The average Bonchev–Trinajstić information content (AvgIpc) is 2.62. The van der Waals surface area contributed by atoms with Gasteiger partial charge in [0.05, 0.1) is 22.5 Å². The van der Waals surface area contributed by atoms with Crippen LogP contribution in [0, 0.1) is 6.92 Å². The molecule has 0 saturated heterocycles. The highest BCUT2D eigenvalue weighted by molar-refractivity contribution is 9.11. The van der Waals surface area contributed by atoms with E-state index in [1.807, 2.05) is 32.2 Å². The van der Waals surface area contributed by atoms with Crippen molar-refractivity contribution in [2.24, 2.45) is 12.9 Å². The van der Waals surface area contributed by atoms with Crippen molar-refractivity contribution < 1.29 is 0 Å². The molecular weight excluding hydrogens is 407 g/mol. The van der Waals surface area contributed by atoms with E-state index in [-0.39, 0.29) is 6.04 Å². The van der Waals surface area contributed by atoms with Gasteiger partial charge in [-0.25, -0.2) is 0 Å². The Labute approximate surface area is 139 Å². The number of aryl methyl sites for hydroxylation is 2. The van der Waals surface area contributed by atoms with Crippen LogP contribution in [0.3, 0.4) is 0 Å². The molecule has 0 aliphatic heterocycles. The van der Waals surface area contributed by atoms with Crippen molar-refractivity contribution in [3.63, 3.8) is 0 Å². The molecule has 1 aromatic carbocycles. The highest BCUT2D eigenvalue weighted by atomic mass is 79.9. The number of nitrogens with two attached hydrogens (primary N) is 1. The summed E-state index contributed by atoms with van der Waals surface area (Å²) >= 11 is 13.3. The van der Waals surface area contributed by atoms with Crippen molar-refractivity contribution in [3.05, 3.63) is 49.1 Å². The summed E-state index contributed by atoms with van der Waals surface area (Å²) in [7, 11) is 1.89. The number of nitrogens with one attached hydrogen (secondary N) is 1. The van der Waals surface area contributed by atoms with E-state index in [9.17, 15) is 0 Å². The molecule has 0 spiro atoms. The van der Waals surface area contributed by atoms with Gasteiger partial charge in [-0.15, -0.1) is 0 Å². The summed E-state index contributed by atoms with van der Waals surface area (Å²) in [6, 6.07) is 5.95. The first kappa shape index (κ1) is 16.0. The molecule has 0 aliphatic carbocycles. The molecule has 108 valence electrons. The highest BCUT2D eigenvalue weighted by Crippen LogP contribution is 2.30. The van der Waals surface area contributed by atoms with Gasteiger partial charge in [0, 0.05) is 22.4 Å². The summed E-state index contributed by atoms with van der Waals surface area (Å²) < 4.78 is 3.80. The zero-order valence-corrected chi connectivity index (χ0v) is 15.1. The number of aromatic nitrogens is 2. The van der Waals surface area contributed by atoms with Gasteiger partial charge in [-0.1, -0.05) is 49.5 Å². The number of nitrogens with zero attached hydrogens (tertiary/aromatic N) is 2. The summed E-state index contributed by atoms with van der Waals surface area (Å²) in [5.74, 6) is 5.71. The maximum Gasteiger partial charge on any atom is 0.0847 e. The molecule has 0 radical (unpaired) electrons. The molecule has 20 heavy (non-hydrogen) atoms. The molecule has 0 fully saturated rings. The Morgan fingerprint density at radius 1 is 1.45 bits per heavy atom. The fourth-order valence-corrected chi connectivity index (χ4v) is 3.70. The Morgan fingerprint density at radius 2 is 2.15 bits per heavy atom. The first-order chi connectivity index (χ1) is 9.43. The van der Waals surface area contributed by atoms with Gasteiger partial charge in [0.2, 0.25) is 0 Å². The van der Waals surface area contributed by atoms with E-state index in [0.717, 1.165) is 25.9 Å². The van der Waals surface area contributed by atoms with Gasteiger partial charge in [0.25, 0.3) is 0 Å². The predicted octanol–water partition coefficient (Wildman–Crippen LogP) is 3.65. The molecule has 1 aromatic heterocycles. The van der Waals surface area contributed by atoms with Crippen molar-refractivity contribution in [3.8, 4) is 0 Å². The fraction of sp³-hybridized carbons (Fsp3) is 0.308. The van der Waals surface area contributed by atoms with Crippen molar-refractivity contribution in [2.45, 2.75) is 19.4 Å². The third-order valence-corrected chi connectivity index (χ3v) is 4.87. The second-order valence-corrected chi connectivity index (χ2v) is 6.71. The topological polar surface area (TPSA) is 55.9 Å². The molecule has 2 aromatic rings. The zero-order valence-electron chi connectivity index (χ0n) is 11.1. The van der Waals surface area contributed by atoms with Gasteiger partial charge in [-0.05, 0) is 24.6 Å². The quantitative estimate of drug-likeness (QED) is 0.584. The number of halogens is 3. The van der Waals surface area contributed by atoms with Gasteiger partial charge in [0.15, 0.2) is 0 Å². The second-order valence-electron chi connectivity index (χ2n) is 4.56. The summed E-state index contributed by atoms with van der Waals surface area (Å²) in [6.45, 7) is 1.90. The standard InChI is InChI=1S/C13H15Br2ClN4/c1-7-13(16)12(20(2)19-7)6-11(18-17)9-4-3-8(14)5-10(9)15/h3-5,11,18H,6,17H2,1-2H3. The molecule has 0 aliphatic rings. The van der Waals surface area contributed by atoms with E-state index >= 15 is 0 Å².